The van der Waals surface area contributed by atoms with Gasteiger partial charge in [0.2, 0.25) is 0 Å². The zero-order valence-electron chi connectivity index (χ0n) is 12.0. The third kappa shape index (κ3) is 3.10. The van der Waals surface area contributed by atoms with Crippen molar-refractivity contribution in [1.82, 2.24) is 19.9 Å². The van der Waals surface area contributed by atoms with Crippen molar-refractivity contribution in [2.45, 2.75) is 6.42 Å². The first-order chi connectivity index (χ1) is 10.3. The normalized spacial score (nSPS) is 10.7. The molecule has 0 saturated heterocycles. The highest BCUT2D eigenvalue weighted by molar-refractivity contribution is 5.81. The summed E-state index contributed by atoms with van der Waals surface area (Å²) in [5.74, 6) is 0.805. The van der Waals surface area contributed by atoms with Crippen molar-refractivity contribution in [3.63, 3.8) is 0 Å². The molecule has 0 amide bonds. The van der Waals surface area contributed by atoms with Crippen LogP contribution in [0.3, 0.4) is 0 Å². The second-order valence-electron chi connectivity index (χ2n) is 4.86. The third-order valence-electron chi connectivity index (χ3n) is 3.38. The van der Waals surface area contributed by atoms with E-state index in [0.29, 0.717) is 5.65 Å². The molecule has 0 aliphatic rings. The number of benzene rings is 1. The summed E-state index contributed by atoms with van der Waals surface area (Å²) in [5, 5.41) is 3.33. The summed E-state index contributed by atoms with van der Waals surface area (Å²) in [4.78, 5) is 17.8. The molecular formula is C15H18N6. The largest absolute Gasteiger partial charge is 0.375 e. The lowest BCUT2D eigenvalue weighted by Gasteiger charge is -2.19. The molecule has 0 bridgehead atoms. The van der Waals surface area contributed by atoms with Gasteiger partial charge in [-0.2, -0.15) is 0 Å². The number of para-hydroxylation sites is 1. The van der Waals surface area contributed by atoms with Crippen LogP contribution >= 0.6 is 0 Å². The van der Waals surface area contributed by atoms with Gasteiger partial charge in [-0.3, -0.25) is 0 Å². The number of hydrogen-bond donors (Lipinski definition) is 2. The Labute approximate surface area is 123 Å². The van der Waals surface area contributed by atoms with Gasteiger partial charge in [0.25, 0.3) is 0 Å². The zero-order chi connectivity index (χ0) is 14.5. The lowest BCUT2D eigenvalue weighted by molar-refractivity contribution is 0.814. The van der Waals surface area contributed by atoms with Gasteiger partial charge >= 0.3 is 0 Å². The van der Waals surface area contributed by atoms with Crippen molar-refractivity contribution >= 4 is 22.7 Å². The molecule has 21 heavy (non-hydrogen) atoms. The molecule has 6 heteroatoms. The number of H-pyrrole nitrogens is 1. The molecule has 2 N–H and O–H groups in total. The monoisotopic (exact) mass is 282 g/mol. The van der Waals surface area contributed by atoms with Gasteiger partial charge in [0, 0.05) is 25.8 Å². The molecule has 0 spiro atoms. The SMILES string of the molecule is CN(CCCNc1ncnc2nc[nH]c12)c1ccccc1. The molecule has 108 valence electrons. The fraction of sp³-hybridized carbons (Fsp3) is 0.267. The Balaban J connectivity index is 1.51. The van der Waals surface area contributed by atoms with E-state index in [1.54, 1.807) is 6.33 Å². The van der Waals surface area contributed by atoms with E-state index in [1.807, 2.05) is 6.07 Å². The Kier molecular flexibility index (Phi) is 3.95. The van der Waals surface area contributed by atoms with E-state index in [0.717, 1.165) is 30.8 Å². The molecular weight excluding hydrogens is 264 g/mol. The van der Waals surface area contributed by atoms with E-state index < -0.39 is 0 Å². The van der Waals surface area contributed by atoms with Crippen LogP contribution in [0.1, 0.15) is 6.42 Å². The quantitative estimate of drug-likeness (QED) is 0.679. The summed E-state index contributed by atoms with van der Waals surface area (Å²) in [6.07, 6.45) is 4.18. The van der Waals surface area contributed by atoms with Gasteiger partial charge < -0.3 is 15.2 Å². The van der Waals surface area contributed by atoms with Crippen LogP contribution < -0.4 is 10.2 Å². The summed E-state index contributed by atoms with van der Waals surface area (Å²) >= 11 is 0. The Morgan fingerprint density at radius 2 is 2.00 bits per heavy atom. The van der Waals surface area contributed by atoms with Crippen molar-refractivity contribution in [2.24, 2.45) is 0 Å². The summed E-state index contributed by atoms with van der Waals surface area (Å²) in [7, 11) is 2.10. The number of imidazole rings is 1. The molecule has 0 saturated carbocycles. The molecule has 0 aliphatic heterocycles. The van der Waals surface area contributed by atoms with E-state index in [4.69, 9.17) is 0 Å². The molecule has 0 atom stereocenters. The van der Waals surface area contributed by atoms with Gasteiger partial charge in [-0.15, -0.1) is 0 Å². The number of rotatable bonds is 6. The molecule has 0 fully saturated rings. The minimum absolute atomic E-state index is 0.689. The first kappa shape index (κ1) is 13.4. The standard InChI is InChI=1S/C15H18N6/c1-21(12-6-3-2-4-7-12)9-5-8-16-14-13-15(18-10-17-13)20-11-19-14/h2-4,6-7,10-11H,5,8-9H2,1H3,(H2,16,17,18,19,20). The fourth-order valence-corrected chi connectivity index (χ4v) is 2.23. The van der Waals surface area contributed by atoms with Gasteiger partial charge in [0.1, 0.15) is 11.8 Å². The highest BCUT2D eigenvalue weighted by Gasteiger charge is 2.05. The van der Waals surface area contributed by atoms with Crippen LogP contribution in [0.4, 0.5) is 11.5 Å². The summed E-state index contributed by atoms with van der Waals surface area (Å²) < 4.78 is 0. The van der Waals surface area contributed by atoms with Gasteiger partial charge in [-0.1, -0.05) is 18.2 Å². The molecule has 2 aromatic heterocycles. The Hall–Kier alpha value is -2.63. The molecule has 3 aromatic rings. The van der Waals surface area contributed by atoms with Gasteiger partial charge in [-0.05, 0) is 18.6 Å². The van der Waals surface area contributed by atoms with Crippen molar-refractivity contribution in [2.75, 3.05) is 30.4 Å². The maximum Gasteiger partial charge on any atom is 0.182 e. The topological polar surface area (TPSA) is 69.7 Å². The number of fused-ring (bicyclic) bond motifs is 1. The van der Waals surface area contributed by atoms with Crippen LogP contribution in [0.15, 0.2) is 43.0 Å². The average Bonchev–Trinajstić information content (AvgIpc) is 3.01. The number of hydrogen-bond acceptors (Lipinski definition) is 5. The number of nitrogens with zero attached hydrogens (tertiary/aromatic N) is 4. The number of aromatic amines is 1. The van der Waals surface area contributed by atoms with Crippen molar-refractivity contribution < 1.29 is 0 Å². The highest BCUT2D eigenvalue weighted by Crippen LogP contribution is 2.14. The second kappa shape index (κ2) is 6.21. The maximum atomic E-state index is 4.25. The second-order valence-corrected chi connectivity index (χ2v) is 4.86. The fourth-order valence-electron chi connectivity index (χ4n) is 2.23. The molecule has 3 rings (SSSR count). The zero-order valence-corrected chi connectivity index (χ0v) is 12.0. The van der Waals surface area contributed by atoms with Gasteiger partial charge in [0.15, 0.2) is 11.5 Å². The van der Waals surface area contributed by atoms with Crippen LogP contribution in [-0.2, 0) is 0 Å². The number of aromatic nitrogens is 4. The minimum Gasteiger partial charge on any atom is -0.375 e. The Bertz CT molecular complexity index is 693. The molecule has 0 aliphatic carbocycles. The van der Waals surface area contributed by atoms with Crippen molar-refractivity contribution in [1.29, 1.82) is 0 Å². The number of anilines is 2. The Morgan fingerprint density at radius 1 is 1.14 bits per heavy atom. The minimum atomic E-state index is 0.689. The number of nitrogens with one attached hydrogen (secondary N) is 2. The van der Waals surface area contributed by atoms with Crippen LogP contribution in [0.5, 0.6) is 0 Å². The van der Waals surface area contributed by atoms with Crippen LogP contribution in [0.2, 0.25) is 0 Å². The smallest absolute Gasteiger partial charge is 0.182 e. The molecule has 1 aromatic carbocycles. The third-order valence-corrected chi connectivity index (χ3v) is 3.38. The molecule has 0 unspecified atom stereocenters. The molecule has 6 nitrogen and oxygen atoms in total. The van der Waals surface area contributed by atoms with E-state index in [1.165, 1.54) is 12.0 Å². The summed E-state index contributed by atoms with van der Waals surface area (Å²) in [5.41, 5.74) is 2.78. The van der Waals surface area contributed by atoms with Crippen LogP contribution in [0, 0.1) is 0 Å². The van der Waals surface area contributed by atoms with E-state index in [-0.39, 0.29) is 0 Å². The van der Waals surface area contributed by atoms with E-state index >= 15 is 0 Å². The average molecular weight is 282 g/mol. The predicted molar refractivity (Wildman–Crippen MR) is 84.5 cm³/mol. The summed E-state index contributed by atoms with van der Waals surface area (Å²) in [6, 6.07) is 10.4. The van der Waals surface area contributed by atoms with Crippen LogP contribution in [-0.4, -0.2) is 40.1 Å². The molecule has 2 heterocycles. The highest BCUT2D eigenvalue weighted by atomic mass is 15.1. The van der Waals surface area contributed by atoms with Gasteiger partial charge in [0.05, 0.1) is 6.33 Å². The van der Waals surface area contributed by atoms with Crippen LogP contribution in [0.25, 0.3) is 11.2 Å². The van der Waals surface area contributed by atoms with Crippen molar-refractivity contribution in [3.8, 4) is 0 Å². The van der Waals surface area contributed by atoms with E-state index in [2.05, 4.69) is 61.5 Å². The first-order valence-electron chi connectivity index (χ1n) is 6.99. The first-order valence-corrected chi connectivity index (χ1v) is 6.99. The van der Waals surface area contributed by atoms with E-state index in [9.17, 15) is 0 Å². The predicted octanol–water partition coefficient (Wildman–Crippen LogP) is 2.29. The Morgan fingerprint density at radius 3 is 2.86 bits per heavy atom. The van der Waals surface area contributed by atoms with Gasteiger partial charge in [-0.25, -0.2) is 15.0 Å². The lowest BCUT2D eigenvalue weighted by Crippen LogP contribution is -2.20. The van der Waals surface area contributed by atoms with Crippen molar-refractivity contribution in [3.05, 3.63) is 43.0 Å². The summed E-state index contributed by atoms with van der Waals surface area (Å²) in [6.45, 7) is 1.83. The maximum absolute atomic E-state index is 4.25. The lowest BCUT2D eigenvalue weighted by atomic mass is 10.3. The molecule has 0 radical (unpaired) electrons.